The van der Waals surface area contributed by atoms with Crippen LogP contribution in [0.4, 0.5) is 11.4 Å². The molecule has 3 aliphatic rings. The lowest BCUT2D eigenvalue weighted by molar-refractivity contribution is -0.161. The second-order valence-corrected chi connectivity index (χ2v) is 9.92. The molecule has 0 saturated carbocycles. The van der Waals surface area contributed by atoms with Crippen LogP contribution >= 0.6 is 0 Å². The van der Waals surface area contributed by atoms with Crippen LogP contribution in [-0.2, 0) is 23.9 Å². The SMILES string of the molecule is CCOC(=O)[C@H]1[C@H]2C(=O)N(CCO)C(C(=O)Nc3ccc(N(CC)CC)cc3)C23CC(C)[C@]1(C)O3. The minimum Gasteiger partial charge on any atom is -0.466 e. The van der Waals surface area contributed by atoms with Crippen LogP contribution < -0.4 is 10.2 Å². The van der Waals surface area contributed by atoms with Gasteiger partial charge in [0.1, 0.15) is 17.6 Å². The van der Waals surface area contributed by atoms with Gasteiger partial charge in [-0.05, 0) is 64.3 Å². The number of rotatable bonds is 9. The van der Waals surface area contributed by atoms with Gasteiger partial charge in [0.25, 0.3) is 0 Å². The average molecular weight is 488 g/mol. The number of carbonyl (C=O) groups is 3. The molecule has 1 spiro atoms. The Morgan fingerprint density at radius 2 is 1.89 bits per heavy atom. The summed E-state index contributed by atoms with van der Waals surface area (Å²) in [4.78, 5) is 43.9. The van der Waals surface area contributed by atoms with Gasteiger partial charge >= 0.3 is 5.97 Å². The molecule has 0 aliphatic carbocycles. The van der Waals surface area contributed by atoms with Crippen LogP contribution in [0.3, 0.4) is 0 Å². The number of amides is 2. The fourth-order valence-electron chi connectivity index (χ4n) is 6.53. The summed E-state index contributed by atoms with van der Waals surface area (Å²) in [7, 11) is 0. The maximum absolute atomic E-state index is 13.7. The Bertz CT molecular complexity index is 980. The minimum absolute atomic E-state index is 0.0138. The zero-order chi connectivity index (χ0) is 25.5. The van der Waals surface area contributed by atoms with E-state index in [-0.39, 0.29) is 37.5 Å². The van der Waals surface area contributed by atoms with Gasteiger partial charge in [0.15, 0.2) is 0 Å². The zero-order valence-corrected chi connectivity index (χ0v) is 21.2. The first-order chi connectivity index (χ1) is 16.7. The molecular weight excluding hydrogens is 450 g/mol. The highest BCUT2D eigenvalue weighted by atomic mass is 16.6. The fourth-order valence-corrected chi connectivity index (χ4v) is 6.53. The first-order valence-corrected chi connectivity index (χ1v) is 12.6. The zero-order valence-electron chi connectivity index (χ0n) is 21.2. The van der Waals surface area contributed by atoms with E-state index in [4.69, 9.17) is 9.47 Å². The van der Waals surface area contributed by atoms with Gasteiger partial charge in [0.05, 0.1) is 24.7 Å². The number of fused-ring (bicyclic) bond motifs is 1. The van der Waals surface area contributed by atoms with Crippen molar-refractivity contribution in [2.24, 2.45) is 17.8 Å². The minimum atomic E-state index is -1.15. The molecule has 35 heavy (non-hydrogen) atoms. The summed E-state index contributed by atoms with van der Waals surface area (Å²) in [5.74, 6) is -2.88. The third-order valence-corrected chi connectivity index (χ3v) is 8.21. The molecule has 3 unspecified atom stereocenters. The van der Waals surface area contributed by atoms with Crippen molar-refractivity contribution in [1.29, 1.82) is 0 Å². The number of hydrogen-bond donors (Lipinski definition) is 2. The summed E-state index contributed by atoms with van der Waals surface area (Å²) >= 11 is 0. The molecule has 1 aromatic rings. The van der Waals surface area contributed by atoms with E-state index >= 15 is 0 Å². The van der Waals surface area contributed by atoms with Gasteiger partial charge in [0, 0.05) is 31.0 Å². The number of β-amino-alcohol motifs (C(OH)–C–C–N with tert-alkyl or cyclic N) is 1. The lowest BCUT2D eigenvalue weighted by Crippen LogP contribution is -2.54. The number of nitrogens with one attached hydrogen (secondary N) is 1. The Labute approximate surface area is 206 Å². The van der Waals surface area contributed by atoms with E-state index in [0.717, 1.165) is 18.8 Å². The number of ether oxygens (including phenoxy) is 2. The number of anilines is 2. The van der Waals surface area contributed by atoms with Crippen molar-refractivity contribution in [3.63, 3.8) is 0 Å². The van der Waals surface area contributed by atoms with E-state index in [0.29, 0.717) is 12.1 Å². The molecule has 0 radical (unpaired) electrons. The molecule has 3 saturated heterocycles. The van der Waals surface area contributed by atoms with E-state index in [1.807, 2.05) is 38.1 Å². The van der Waals surface area contributed by atoms with Crippen LogP contribution in [0.5, 0.6) is 0 Å². The molecule has 1 aromatic carbocycles. The molecule has 2 amide bonds. The van der Waals surface area contributed by atoms with Crippen LogP contribution in [0.25, 0.3) is 0 Å². The topological polar surface area (TPSA) is 108 Å². The van der Waals surface area contributed by atoms with Crippen LogP contribution in [0.1, 0.15) is 41.0 Å². The molecule has 9 heteroatoms. The monoisotopic (exact) mass is 487 g/mol. The van der Waals surface area contributed by atoms with Crippen molar-refractivity contribution in [3.05, 3.63) is 24.3 Å². The first-order valence-electron chi connectivity index (χ1n) is 12.6. The van der Waals surface area contributed by atoms with E-state index in [9.17, 15) is 19.5 Å². The lowest BCUT2D eigenvalue weighted by atomic mass is 9.62. The molecule has 192 valence electrons. The van der Waals surface area contributed by atoms with E-state index < -0.39 is 35.0 Å². The van der Waals surface area contributed by atoms with Crippen molar-refractivity contribution < 1.29 is 29.0 Å². The van der Waals surface area contributed by atoms with Crippen molar-refractivity contribution in [3.8, 4) is 0 Å². The number of aliphatic hydroxyl groups excluding tert-OH is 1. The third-order valence-electron chi connectivity index (χ3n) is 8.21. The molecular formula is C26H37N3O6. The second kappa shape index (κ2) is 9.43. The van der Waals surface area contributed by atoms with Crippen LogP contribution in [0.15, 0.2) is 24.3 Å². The average Bonchev–Trinajstić information content (AvgIpc) is 3.33. The molecule has 3 fully saturated rings. The summed E-state index contributed by atoms with van der Waals surface area (Å²) in [5.41, 5.74) is -0.387. The molecule has 3 aliphatic heterocycles. The molecule has 3 heterocycles. The van der Waals surface area contributed by atoms with E-state index in [1.165, 1.54) is 4.90 Å². The van der Waals surface area contributed by atoms with Gasteiger partial charge in [-0.3, -0.25) is 14.4 Å². The Hall–Kier alpha value is -2.65. The quantitative estimate of drug-likeness (QED) is 0.513. The number of aliphatic hydroxyl groups is 1. The van der Waals surface area contributed by atoms with Crippen LogP contribution in [0, 0.1) is 17.8 Å². The van der Waals surface area contributed by atoms with Gasteiger partial charge < -0.3 is 29.7 Å². The first kappa shape index (κ1) is 25.4. The summed E-state index contributed by atoms with van der Waals surface area (Å²) < 4.78 is 11.9. The highest BCUT2D eigenvalue weighted by Crippen LogP contribution is 2.65. The predicted octanol–water partition coefficient (Wildman–Crippen LogP) is 2.04. The summed E-state index contributed by atoms with van der Waals surface area (Å²) in [6.45, 7) is 11.4. The van der Waals surface area contributed by atoms with Crippen molar-refractivity contribution >= 4 is 29.2 Å². The molecule has 2 bridgehead atoms. The maximum atomic E-state index is 13.7. The van der Waals surface area contributed by atoms with E-state index in [2.05, 4.69) is 24.1 Å². The number of carbonyl (C=O) groups excluding carboxylic acids is 3. The predicted molar refractivity (Wildman–Crippen MR) is 131 cm³/mol. The summed E-state index contributed by atoms with van der Waals surface area (Å²) in [5, 5.41) is 12.6. The molecule has 0 aromatic heterocycles. The molecule has 2 N–H and O–H groups in total. The van der Waals surface area contributed by atoms with Crippen molar-refractivity contribution in [2.45, 2.75) is 58.3 Å². The standard InChI is InChI=1S/C26H37N3O6/c1-6-28(7-2)18-11-9-17(10-12-18)27-22(31)21-26-15-16(4)25(5,35-26)20(24(33)34-8-3)19(26)23(32)29(21)13-14-30/h9-12,16,19-21,30H,6-8,13-15H2,1-5H3,(H,27,31)/t16?,19-,20+,21?,25-,26?/m0/s1. The van der Waals surface area contributed by atoms with Crippen LogP contribution in [-0.4, -0.2) is 77.9 Å². The Balaban J connectivity index is 1.67. The van der Waals surface area contributed by atoms with Gasteiger partial charge in [-0.25, -0.2) is 0 Å². The summed E-state index contributed by atoms with van der Waals surface area (Å²) in [6, 6.07) is 6.62. The number of esters is 1. The Kier molecular flexibility index (Phi) is 6.85. The number of benzene rings is 1. The smallest absolute Gasteiger partial charge is 0.312 e. The van der Waals surface area contributed by atoms with Crippen molar-refractivity contribution in [1.82, 2.24) is 4.90 Å². The highest BCUT2D eigenvalue weighted by molar-refractivity contribution is 6.03. The van der Waals surface area contributed by atoms with Gasteiger partial charge in [-0.15, -0.1) is 0 Å². The Morgan fingerprint density at radius 3 is 2.46 bits per heavy atom. The number of nitrogens with zero attached hydrogens (tertiary/aromatic N) is 2. The van der Waals surface area contributed by atoms with Gasteiger partial charge in [0.2, 0.25) is 11.8 Å². The van der Waals surface area contributed by atoms with Gasteiger partial charge in [-0.2, -0.15) is 0 Å². The second-order valence-electron chi connectivity index (χ2n) is 9.92. The van der Waals surface area contributed by atoms with Crippen molar-refractivity contribution in [2.75, 3.05) is 43.1 Å². The fraction of sp³-hybridized carbons (Fsp3) is 0.654. The lowest BCUT2D eigenvalue weighted by Gasteiger charge is -2.35. The maximum Gasteiger partial charge on any atom is 0.312 e. The largest absolute Gasteiger partial charge is 0.466 e. The number of likely N-dealkylation sites (tertiary alicyclic amines) is 1. The van der Waals surface area contributed by atoms with Crippen LogP contribution in [0.2, 0.25) is 0 Å². The highest BCUT2D eigenvalue weighted by Gasteiger charge is 2.80. The van der Waals surface area contributed by atoms with E-state index in [1.54, 1.807) is 6.92 Å². The van der Waals surface area contributed by atoms with Gasteiger partial charge in [-0.1, -0.05) is 6.92 Å². The third kappa shape index (κ3) is 3.80. The normalized spacial score (nSPS) is 33.1. The summed E-state index contributed by atoms with van der Waals surface area (Å²) in [6.07, 6.45) is 0.469. The molecule has 9 nitrogen and oxygen atoms in total. The number of hydrogen-bond acceptors (Lipinski definition) is 7. The molecule has 4 rings (SSSR count). The Morgan fingerprint density at radius 1 is 1.23 bits per heavy atom. The molecule has 6 atom stereocenters.